The van der Waals surface area contributed by atoms with Crippen LogP contribution in [-0.4, -0.2) is 22.6 Å². The number of aromatic hydroxyl groups is 1. The third-order valence-electron chi connectivity index (χ3n) is 1.51. The summed E-state index contributed by atoms with van der Waals surface area (Å²) >= 11 is 0. The molecule has 2 N–H and O–H groups in total. The summed E-state index contributed by atoms with van der Waals surface area (Å²) < 4.78 is 0. The van der Waals surface area contributed by atoms with Gasteiger partial charge in [-0.15, -0.1) is 0 Å². The van der Waals surface area contributed by atoms with E-state index in [0.29, 0.717) is 0 Å². The standard InChI is InChI=1S/C9H10O3/c10-6-9(12)5-7-1-3-8(11)4-2-7/h1-4,10-11H,5-6H2. The predicted molar refractivity (Wildman–Crippen MR) is 43.9 cm³/mol. The summed E-state index contributed by atoms with van der Waals surface area (Å²) in [6.07, 6.45) is 0.219. The first-order chi connectivity index (χ1) is 5.72. The van der Waals surface area contributed by atoms with Crippen LogP contribution < -0.4 is 0 Å². The molecule has 1 aromatic rings. The summed E-state index contributed by atoms with van der Waals surface area (Å²) in [4.78, 5) is 10.8. The van der Waals surface area contributed by atoms with Gasteiger partial charge in [-0.3, -0.25) is 4.79 Å². The van der Waals surface area contributed by atoms with Crippen LogP contribution >= 0.6 is 0 Å². The van der Waals surface area contributed by atoms with Crippen LogP contribution in [0.4, 0.5) is 0 Å². The zero-order valence-corrected chi connectivity index (χ0v) is 6.53. The monoisotopic (exact) mass is 166 g/mol. The highest BCUT2D eigenvalue weighted by molar-refractivity contribution is 5.81. The molecule has 0 saturated heterocycles. The lowest BCUT2D eigenvalue weighted by Gasteiger charge is -1.97. The molecule has 3 heteroatoms. The molecule has 0 amide bonds. The molecule has 3 nitrogen and oxygen atoms in total. The Morgan fingerprint density at radius 3 is 2.33 bits per heavy atom. The molecule has 0 unspecified atom stereocenters. The molecule has 12 heavy (non-hydrogen) atoms. The minimum absolute atomic E-state index is 0.176. The van der Waals surface area contributed by atoms with Crippen LogP contribution in [-0.2, 0) is 11.2 Å². The Labute approximate surface area is 70.3 Å². The van der Waals surface area contributed by atoms with E-state index in [4.69, 9.17) is 10.2 Å². The van der Waals surface area contributed by atoms with Gasteiger partial charge in [-0.2, -0.15) is 0 Å². The van der Waals surface area contributed by atoms with Gasteiger partial charge < -0.3 is 10.2 Å². The Hall–Kier alpha value is -1.35. The van der Waals surface area contributed by atoms with Gasteiger partial charge in [-0.25, -0.2) is 0 Å². The number of ketones is 1. The molecule has 0 aromatic heterocycles. The summed E-state index contributed by atoms with van der Waals surface area (Å²) in [5.74, 6) is -0.0455. The Bertz CT molecular complexity index is 264. The maximum Gasteiger partial charge on any atom is 0.162 e. The van der Waals surface area contributed by atoms with E-state index in [-0.39, 0.29) is 18.0 Å². The second kappa shape index (κ2) is 3.88. The van der Waals surface area contributed by atoms with Crippen LogP contribution in [0.1, 0.15) is 5.56 Å². The maximum absolute atomic E-state index is 10.8. The van der Waals surface area contributed by atoms with Crippen LogP contribution in [0.3, 0.4) is 0 Å². The highest BCUT2D eigenvalue weighted by Gasteiger charge is 2.00. The molecule has 1 aromatic carbocycles. The minimum Gasteiger partial charge on any atom is -0.508 e. The van der Waals surface area contributed by atoms with Crippen molar-refractivity contribution in [1.29, 1.82) is 0 Å². The van der Waals surface area contributed by atoms with Crippen molar-refractivity contribution in [2.75, 3.05) is 6.61 Å². The zero-order valence-electron chi connectivity index (χ0n) is 6.53. The predicted octanol–water partition coefficient (Wildman–Crippen LogP) is 0.496. The van der Waals surface area contributed by atoms with Crippen molar-refractivity contribution in [2.45, 2.75) is 6.42 Å². The van der Waals surface area contributed by atoms with Crippen molar-refractivity contribution in [2.24, 2.45) is 0 Å². The topological polar surface area (TPSA) is 57.5 Å². The second-order valence-electron chi connectivity index (χ2n) is 2.54. The van der Waals surface area contributed by atoms with E-state index >= 15 is 0 Å². The molecule has 0 aliphatic rings. The largest absolute Gasteiger partial charge is 0.508 e. The Morgan fingerprint density at radius 2 is 1.83 bits per heavy atom. The maximum atomic E-state index is 10.8. The van der Waals surface area contributed by atoms with Crippen molar-refractivity contribution >= 4 is 5.78 Å². The van der Waals surface area contributed by atoms with Crippen molar-refractivity contribution in [1.82, 2.24) is 0 Å². The third kappa shape index (κ3) is 2.36. The van der Waals surface area contributed by atoms with Crippen molar-refractivity contribution in [3.05, 3.63) is 29.8 Å². The fourth-order valence-electron chi connectivity index (χ4n) is 0.897. The number of rotatable bonds is 3. The van der Waals surface area contributed by atoms with E-state index in [0.717, 1.165) is 5.56 Å². The third-order valence-corrected chi connectivity index (χ3v) is 1.51. The zero-order chi connectivity index (χ0) is 8.97. The molecule has 0 bridgehead atoms. The molecular weight excluding hydrogens is 156 g/mol. The van der Waals surface area contributed by atoms with Gasteiger partial charge in [0.25, 0.3) is 0 Å². The fraction of sp³-hybridized carbons (Fsp3) is 0.222. The molecular formula is C9H10O3. The van der Waals surface area contributed by atoms with E-state index in [1.165, 1.54) is 12.1 Å². The summed E-state index contributed by atoms with van der Waals surface area (Å²) in [6, 6.07) is 6.34. The lowest BCUT2D eigenvalue weighted by atomic mass is 10.1. The van der Waals surface area contributed by atoms with Gasteiger partial charge in [0.2, 0.25) is 0 Å². The molecule has 0 saturated carbocycles. The number of phenolic OH excluding ortho intramolecular Hbond substituents is 1. The Balaban J connectivity index is 2.64. The Morgan fingerprint density at radius 1 is 1.25 bits per heavy atom. The van der Waals surface area contributed by atoms with Gasteiger partial charge in [-0.05, 0) is 17.7 Å². The number of Topliss-reactive ketones (excluding diaryl/α,β-unsaturated/α-hetero) is 1. The van der Waals surface area contributed by atoms with E-state index in [1.54, 1.807) is 12.1 Å². The van der Waals surface area contributed by atoms with Gasteiger partial charge in [0.05, 0.1) is 0 Å². The van der Waals surface area contributed by atoms with E-state index in [1.807, 2.05) is 0 Å². The normalized spacial score (nSPS) is 9.75. The van der Waals surface area contributed by atoms with Gasteiger partial charge in [-0.1, -0.05) is 12.1 Å². The van der Waals surface area contributed by atoms with Crippen molar-refractivity contribution in [3.8, 4) is 5.75 Å². The first-order valence-corrected chi connectivity index (χ1v) is 3.63. The summed E-state index contributed by atoms with van der Waals surface area (Å²) in [5.41, 5.74) is 0.798. The number of carbonyl (C=O) groups is 1. The molecule has 1 rings (SSSR count). The minimum atomic E-state index is -0.430. The number of benzene rings is 1. The molecule has 0 fully saturated rings. The highest BCUT2D eigenvalue weighted by atomic mass is 16.3. The van der Waals surface area contributed by atoms with Crippen molar-refractivity contribution < 1.29 is 15.0 Å². The molecule has 0 heterocycles. The van der Waals surface area contributed by atoms with Gasteiger partial charge in [0, 0.05) is 6.42 Å². The SMILES string of the molecule is O=C(CO)Cc1ccc(O)cc1. The number of carbonyl (C=O) groups excluding carboxylic acids is 1. The summed E-state index contributed by atoms with van der Waals surface area (Å²) in [7, 11) is 0. The Kier molecular flexibility index (Phi) is 2.82. The number of aliphatic hydroxyl groups is 1. The fourth-order valence-corrected chi connectivity index (χ4v) is 0.897. The van der Waals surface area contributed by atoms with Crippen LogP contribution in [0, 0.1) is 0 Å². The van der Waals surface area contributed by atoms with Crippen LogP contribution in [0.25, 0.3) is 0 Å². The lowest BCUT2D eigenvalue weighted by molar-refractivity contribution is -0.121. The molecule has 0 radical (unpaired) electrons. The molecule has 64 valence electrons. The lowest BCUT2D eigenvalue weighted by Crippen LogP contribution is -2.06. The van der Waals surface area contributed by atoms with Crippen LogP contribution in [0.2, 0.25) is 0 Å². The number of aliphatic hydroxyl groups excluding tert-OH is 1. The summed E-state index contributed by atoms with van der Waals surface area (Å²) in [5, 5.41) is 17.4. The van der Waals surface area contributed by atoms with Gasteiger partial charge >= 0.3 is 0 Å². The van der Waals surface area contributed by atoms with Gasteiger partial charge in [0.15, 0.2) is 5.78 Å². The molecule has 0 aliphatic heterocycles. The van der Waals surface area contributed by atoms with Crippen LogP contribution in [0.15, 0.2) is 24.3 Å². The van der Waals surface area contributed by atoms with E-state index in [9.17, 15) is 4.79 Å². The first kappa shape index (κ1) is 8.74. The highest BCUT2D eigenvalue weighted by Crippen LogP contribution is 2.09. The average Bonchev–Trinajstić information content (AvgIpc) is 2.09. The summed E-state index contributed by atoms with van der Waals surface area (Å²) in [6.45, 7) is -0.430. The number of phenols is 1. The van der Waals surface area contributed by atoms with Gasteiger partial charge in [0.1, 0.15) is 12.4 Å². The van der Waals surface area contributed by atoms with Crippen LogP contribution in [0.5, 0.6) is 5.75 Å². The van der Waals surface area contributed by atoms with E-state index in [2.05, 4.69) is 0 Å². The quantitative estimate of drug-likeness (QED) is 0.687. The molecule has 0 atom stereocenters. The smallest absolute Gasteiger partial charge is 0.162 e. The van der Waals surface area contributed by atoms with Crippen molar-refractivity contribution in [3.63, 3.8) is 0 Å². The number of hydrogen-bond donors (Lipinski definition) is 2. The van der Waals surface area contributed by atoms with E-state index < -0.39 is 6.61 Å². The second-order valence-corrected chi connectivity index (χ2v) is 2.54. The molecule has 0 spiro atoms. The number of hydrogen-bond acceptors (Lipinski definition) is 3. The first-order valence-electron chi connectivity index (χ1n) is 3.63. The average molecular weight is 166 g/mol. The molecule has 0 aliphatic carbocycles.